The van der Waals surface area contributed by atoms with Gasteiger partial charge in [-0.3, -0.25) is 9.59 Å². The summed E-state index contributed by atoms with van der Waals surface area (Å²) in [5.41, 5.74) is -0.626. The third-order valence-electron chi connectivity index (χ3n) is 7.09. The largest absolute Gasteiger partial charge is 0.461 e. The second kappa shape index (κ2) is 8.64. The zero-order valence-electron chi connectivity index (χ0n) is 19.8. The van der Waals surface area contributed by atoms with Crippen molar-refractivity contribution in [3.63, 3.8) is 0 Å². The lowest BCUT2D eigenvalue weighted by Gasteiger charge is -2.49. The number of methoxy groups -OCH3 is 2. The molecule has 4 rings (SSSR count). The fraction of sp³-hybridized carbons (Fsp3) is 0.522. The van der Waals surface area contributed by atoms with E-state index in [0.29, 0.717) is 40.6 Å². The molecule has 0 bridgehead atoms. The standard InChI is InChI=1S/C23H24N2O8S2/c1-21(10-24)9-23(35-20(29)31-5)16(15(21)12-6-7-13-14(8-12)33-11-32-13)17(26)22(2,25(3)18(23)27)34-19(28)30-4/h6-8,15-16H,9,11H2,1-5H3/t15-,16?,21-,22+,23-/m1/s1. The molecule has 35 heavy (non-hydrogen) atoms. The Balaban J connectivity index is 1.94. The molecular weight excluding hydrogens is 496 g/mol. The molecule has 10 nitrogen and oxygen atoms in total. The number of likely N-dealkylation sites (N-methyl/N-ethyl adjacent to an activating group) is 1. The van der Waals surface area contributed by atoms with Crippen molar-refractivity contribution in [3.8, 4) is 17.6 Å². The van der Waals surface area contributed by atoms with Gasteiger partial charge in [0.2, 0.25) is 12.7 Å². The first-order valence-corrected chi connectivity index (χ1v) is 12.3. The van der Waals surface area contributed by atoms with Crippen LogP contribution in [-0.2, 0) is 19.1 Å². The fourth-order valence-corrected chi connectivity index (χ4v) is 7.54. The van der Waals surface area contributed by atoms with Crippen molar-refractivity contribution < 1.29 is 38.1 Å². The van der Waals surface area contributed by atoms with Gasteiger partial charge in [-0.1, -0.05) is 6.07 Å². The lowest BCUT2D eigenvalue weighted by molar-refractivity contribution is -0.151. The molecule has 1 aromatic carbocycles. The molecule has 3 aliphatic rings. The fourth-order valence-electron chi connectivity index (χ4n) is 5.34. The molecular formula is C23H24N2O8S2. The highest BCUT2D eigenvalue weighted by Gasteiger charge is 2.73. The number of hydrogen-bond acceptors (Lipinski definition) is 11. The van der Waals surface area contributed by atoms with Gasteiger partial charge in [0.1, 0.15) is 4.75 Å². The maximum atomic E-state index is 14.3. The van der Waals surface area contributed by atoms with Crippen molar-refractivity contribution >= 4 is 45.8 Å². The molecule has 12 heteroatoms. The number of piperidine rings is 1. The van der Waals surface area contributed by atoms with Gasteiger partial charge in [-0.05, 0) is 61.5 Å². The summed E-state index contributed by atoms with van der Waals surface area (Å²) in [6.45, 7) is 3.19. The van der Waals surface area contributed by atoms with E-state index in [0.717, 1.165) is 0 Å². The van der Waals surface area contributed by atoms with Gasteiger partial charge in [0.05, 0.1) is 31.6 Å². The second-order valence-corrected chi connectivity index (χ2v) is 11.6. The Hall–Kier alpha value is -2.91. The van der Waals surface area contributed by atoms with Crippen molar-refractivity contribution in [2.24, 2.45) is 11.3 Å². The van der Waals surface area contributed by atoms with Crippen LogP contribution in [0, 0.1) is 22.7 Å². The average Bonchev–Trinajstić information content (AvgIpc) is 3.41. The van der Waals surface area contributed by atoms with Crippen LogP contribution < -0.4 is 9.47 Å². The summed E-state index contributed by atoms with van der Waals surface area (Å²) in [4.78, 5) is 52.6. The molecule has 2 aliphatic heterocycles. The van der Waals surface area contributed by atoms with Gasteiger partial charge in [0, 0.05) is 13.0 Å². The number of nitrogens with zero attached hydrogens (tertiary/aromatic N) is 2. The molecule has 1 amide bonds. The number of ketones is 1. The lowest BCUT2D eigenvalue weighted by Crippen LogP contribution is -2.67. The highest BCUT2D eigenvalue weighted by Crippen LogP contribution is 2.66. The average molecular weight is 521 g/mol. The van der Waals surface area contributed by atoms with Gasteiger partial charge in [0.25, 0.3) is 0 Å². The van der Waals surface area contributed by atoms with Crippen LogP contribution in [-0.4, -0.2) is 64.9 Å². The Kier molecular flexibility index (Phi) is 6.22. The molecule has 1 unspecified atom stereocenters. The first-order chi connectivity index (χ1) is 16.5. The minimum Gasteiger partial charge on any atom is -0.461 e. The number of Topliss-reactive ketones (excluding diaryl/α,β-unsaturated/α-hetero) is 1. The van der Waals surface area contributed by atoms with Gasteiger partial charge in [-0.25, -0.2) is 9.59 Å². The summed E-state index contributed by atoms with van der Waals surface area (Å²) >= 11 is 1.20. The zero-order valence-corrected chi connectivity index (χ0v) is 21.4. The van der Waals surface area contributed by atoms with Crippen molar-refractivity contribution in [1.82, 2.24) is 4.90 Å². The van der Waals surface area contributed by atoms with E-state index in [-0.39, 0.29) is 13.2 Å². The van der Waals surface area contributed by atoms with Gasteiger partial charge in [0.15, 0.2) is 22.2 Å². The van der Waals surface area contributed by atoms with Gasteiger partial charge < -0.3 is 23.8 Å². The first kappa shape index (κ1) is 25.2. The van der Waals surface area contributed by atoms with Crippen LogP contribution >= 0.6 is 23.5 Å². The van der Waals surface area contributed by atoms with Crippen LogP contribution in [0.2, 0.25) is 0 Å². The zero-order chi connectivity index (χ0) is 25.8. The molecule has 0 N–H and O–H groups in total. The molecule has 2 heterocycles. The summed E-state index contributed by atoms with van der Waals surface area (Å²) in [6, 6.07) is 7.42. The predicted molar refractivity (Wildman–Crippen MR) is 126 cm³/mol. The Morgan fingerprint density at radius 2 is 1.71 bits per heavy atom. The number of carbonyl (C=O) groups excluding carboxylic acids is 4. The summed E-state index contributed by atoms with van der Waals surface area (Å²) in [7, 11) is 3.78. The summed E-state index contributed by atoms with van der Waals surface area (Å²) in [6.07, 6.45) is -0.0755. The minimum absolute atomic E-state index is 0.0422. The Morgan fingerprint density at radius 3 is 2.34 bits per heavy atom. The molecule has 186 valence electrons. The number of rotatable bonds is 3. The molecule has 1 saturated carbocycles. The van der Waals surface area contributed by atoms with Crippen LogP contribution in [0.5, 0.6) is 11.5 Å². The van der Waals surface area contributed by atoms with E-state index in [1.165, 1.54) is 33.1 Å². The quantitative estimate of drug-likeness (QED) is 0.542. The van der Waals surface area contributed by atoms with Gasteiger partial charge in [-0.15, -0.1) is 0 Å². The number of nitriles is 1. The molecule has 1 aromatic rings. The van der Waals surface area contributed by atoms with Crippen LogP contribution in [0.1, 0.15) is 31.7 Å². The highest BCUT2D eigenvalue weighted by atomic mass is 32.2. The first-order valence-electron chi connectivity index (χ1n) is 10.6. The van der Waals surface area contributed by atoms with Crippen LogP contribution in [0.4, 0.5) is 9.59 Å². The SMILES string of the molecule is COC(=O)S[C@]12C[C@](C)(C#N)[C@H](c3ccc4c(c3)OCO4)C1C(=O)[C@](C)(SC(=O)OC)N(C)C2=O. The van der Waals surface area contributed by atoms with E-state index in [1.807, 2.05) is 0 Å². The topological polar surface area (TPSA) is 132 Å². The second-order valence-electron chi connectivity index (χ2n) is 8.99. The summed E-state index contributed by atoms with van der Waals surface area (Å²) in [5.74, 6) is -1.93. The number of benzene rings is 1. The van der Waals surface area contributed by atoms with E-state index >= 15 is 0 Å². The maximum Gasteiger partial charge on any atom is 0.369 e. The molecule has 5 atom stereocenters. The summed E-state index contributed by atoms with van der Waals surface area (Å²) < 4.78 is 18.9. The van der Waals surface area contributed by atoms with E-state index in [2.05, 4.69) is 6.07 Å². The number of ether oxygens (including phenoxy) is 4. The van der Waals surface area contributed by atoms with Crippen LogP contribution in [0.15, 0.2) is 18.2 Å². The predicted octanol–water partition coefficient (Wildman–Crippen LogP) is 3.54. The number of hydrogen-bond donors (Lipinski definition) is 0. The lowest BCUT2D eigenvalue weighted by atomic mass is 9.70. The number of carbonyl (C=O) groups is 4. The molecule has 0 radical (unpaired) electrons. The van der Waals surface area contributed by atoms with Crippen LogP contribution in [0.25, 0.3) is 0 Å². The van der Waals surface area contributed by atoms with Crippen molar-refractivity contribution in [1.29, 1.82) is 5.26 Å². The van der Waals surface area contributed by atoms with Crippen LogP contribution in [0.3, 0.4) is 0 Å². The molecule has 0 spiro atoms. The molecule has 0 aromatic heterocycles. The molecule has 1 aliphatic carbocycles. The van der Waals surface area contributed by atoms with E-state index in [9.17, 15) is 24.4 Å². The molecule has 1 saturated heterocycles. The third kappa shape index (κ3) is 3.63. The monoisotopic (exact) mass is 520 g/mol. The van der Waals surface area contributed by atoms with Gasteiger partial charge >= 0.3 is 10.6 Å². The Morgan fingerprint density at radius 1 is 1.09 bits per heavy atom. The van der Waals surface area contributed by atoms with Crippen molar-refractivity contribution in [3.05, 3.63) is 23.8 Å². The Bertz CT molecular complexity index is 1170. The molecule has 2 fully saturated rings. The van der Waals surface area contributed by atoms with Gasteiger partial charge in [-0.2, -0.15) is 5.26 Å². The number of fused-ring (bicyclic) bond motifs is 2. The number of thioether (sulfide) groups is 2. The Labute approximate surface area is 210 Å². The van der Waals surface area contributed by atoms with E-state index < -0.39 is 49.2 Å². The minimum atomic E-state index is -1.62. The third-order valence-corrected chi connectivity index (χ3v) is 9.57. The summed E-state index contributed by atoms with van der Waals surface area (Å²) in [5, 5.41) is 8.82. The van der Waals surface area contributed by atoms with Crippen molar-refractivity contribution in [2.45, 2.75) is 35.8 Å². The van der Waals surface area contributed by atoms with E-state index in [1.54, 1.807) is 25.1 Å². The normalized spacial score (nSPS) is 33.2. The number of likely N-dealkylation sites (tertiary alicyclic amines) is 1. The maximum absolute atomic E-state index is 14.3. The number of amides is 1. The van der Waals surface area contributed by atoms with E-state index in [4.69, 9.17) is 18.9 Å². The van der Waals surface area contributed by atoms with Crippen molar-refractivity contribution in [2.75, 3.05) is 28.1 Å². The highest BCUT2D eigenvalue weighted by molar-refractivity contribution is 8.15. The smallest absolute Gasteiger partial charge is 0.369 e.